The number of rotatable bonds is 4. The van der Waals surface area contributed by atoms with Crippen LogP contribution in [0, 0.1) is 31.0 Å². The predicted molar refractivity (Wildman–Crippen MR) is 125 cm³/mol. The molecule has 0 unspecified atom stereocenters. The van der Waals surface area contributed by atoms with Gasteiger partial charge in [0.2, 0.25) is 0 Å². The van der Waals surface area contributed by atoms with Gasteiger partial charge >= 0.3 is 5.69 Å². The Morgan fingerprint density at radius 1 is 1.00 bits per heavy atom. The first-order valence-electron chi connectivity index (χ1n) is 10.0. The summed E-state index contributed by atoms with van der Waals surface area (Å²) in [5.74, 6) is -0.633. The van der Waals surface area contributed by atoms with Gasteiger partial charge in [0.15, 0.2) is 0 Å². The standard InChI is InChI=1S/C25H18ClFN4O2/c1-15-3-5-17(6-4-15)23-22(18-7-8-21(27)20(26)12-18)24(32)31(25(33)30(23)10-9-28)19-11-16(2)13-29-14-19/h3-8,11-14H,10H2,1-2H3. The normalized spacial score (nSPS) is 10.8. The highest BCUT2D eigenvalue weighted by molar-refractivity contribution is 6.31. The molecule has 0 aliphatic rings. The molecule has 6 nitrogen and oxygen atoms in total. The van der Waals surface area contributed by atoms with Crippen molar-refractivity contribution in [1.82, 2.24) is 14.1 Å². The monoisotopic (exact) mass is 460 g/mol. The summed E-state index contributed by atoms with van der Waals surface area (Å²) >= 11 is 6.03. The lowest BCUT2D eigenvalue weighted by atomic mass is 9.99. The average Bonchev–Trinajstić information content (AvgIpc) is 2.78. The van der Waals surface area contributed by atoms with E-state index in [2.05, 4.69) is 4.98 Å². The van der Waals surface area contributed by atoms with Crippen molar-refractivity contribution in [2.24, 2.45) is 0 Å². The zero-order chi connectivity index (χ0) is 23.7. The van der Waals surface area contributed by atoms with Gasteiger partial charge in [-0.05, 0) is 48.7 Å². The minimum Gasteiger partial charge on any atom is -0.278 e. The second kappa shape index (κ2) is 8.85. The van der Waals surface area contributed by atoms with Crippen LogP contribution in [0.25, 0.3) is 28.1 Å². The zero-order valence-electron chi connectivity index (χ0n) is 17.8. The molecule has 0 fully saturated rings. The second-order valence-corrected chi connectivity index (χ2v) is 8.01. The van der Waals surface area contributed by atoms with Crippen LogP contribution < -0.4 is 11.2 Å². The Labute approximate surface area is 193 Å². The molecule has 0 N–H and O–H groups in total. The van der Waals surface area contributed by atoms with E-state index in [0.29, 0.717) is 11.1 Å². The summed E-state index contributed by atoms with van der Waals surface area (Å²) in [6.45, 7) is 3.40. The van der Waals surface area contributed by atoms with Gasteiger partial charge in [-0.2, -0.15) is 5.26 Å². The third-order valence-electron chi connectivity index (χ3n) is 5.23. The summed E-state index contributed by atoms with van der Waals surface area (Å²) < 4.78 is 16.1. The number of pyridine rings is 1. The number of hydrogen-bond donors (Lipinski definition) is 0. The fourth-order valence-corrected chi connectivity index (χ4v) is 3.86. The van der Waals surface area contributed by atoms with Crippen LogP contribution in [0.15, 0.2) is 70.5 Å². The number of halogens is 2. The Morgan fingerprint density at radius 2 is 1.70 bits per heavy atom. The summed E-state index contributed by atoms with van der Waals surface area (Å²) in [7, 11) is 0. The number of aryl methyl sites for hydroxylation is 2. The van der Waals surface area contributed by atoms with Gasteiger partial charge in [-0.3, -0.25) is 14.3 Å². The van der Waals surface area contributed by atoms with Crippen LogP contribution in [0.2, 0.25) is 5.02 Å². The van der Waals surface area contributed by atoms with Crippen molar-refractivity contribution in [1.29, 1.82) is 5.26 Å². The maximum Gasteiger partial charge on any atom is 0.337 e. The molecule has 0 atom stereocenters. The van der Waals surface area contributed by atoms with E-state index in [0.717, 1.165) is 21.8 Å². The van der Waals surface area contributed by atoms with Crippen LogP contribution in [-0.2, 0) is 6.54 Å². The molecule has 0 amide bonds. The maximum absolute atomic E-state index is 13.9. The molecule has 4 rings (SSSR count). The summed E-state index contributed by atoms with van der Waals surface area (Å²) in [5, 5.41) is 9.33. The zero-order valence-corrected chi connectivity index (χ0v) is 18.6. The van der Waals surface area contributed by atoms with Crippen molar-refractivity contribution in [3.8, 4) is 34.1 Å². The molecule has 0 aliphatic heterocycles. The Hall–Kier alpha value is -4.02. The van der Waals surface area contributed by atoms with Crippen molar-refractivity contribution in [3.05, 3.63) is 104 Å². The van der Waals surface area contributed by atoms with Gasteiger partial charge in [-0.1, -0.05) is 47.5 Å². The third-order valence-corrected chi connectivity index (χ3v) is 5.52. The molecule has 4 aromatic rings. The molecule has 0 aliphatic carbocycles. The van der Waals surface area contributed by atoms with Crippen molar-refractivity contribution in [2.75, 3.05) is 0 Å². The SMILES string of the molecule is Cc1ccc(-c2c(-c3ccc(F)c(Cl)c3)c(=O)n(-c3cncc(C)c3)c(=O)n2CC#N)cc1. The first-order valence-corrected chi connectivity index (χ1v) is 10.4. The molecule has 0 bridgehead atoms. The van der Waals surface area contributed by atoms with E-state index in [1.807, 2.05) is 25.1 Å². The highest BCUT2D eigenvalue weighted by atomic mass is 35.5. The van der Waals surface area contributed by atoms with Crippen molar-refractivity contribution in [2.45, 2.75) is 20.4 Å². The van der Waals surface area contributed by atoms with Crippen LogP contribution in [0.5, 0.6) is 0 Å². The summed E-state index contributed by atoms with van der Waals surface area (Å²) in [6.07, 6.45) is 3.00. The summed E-state index contributed by atoms with van der Waals surface area (Å²) in [5.41, 5.74) is 1.96. The fourth-order valence-electron chi connectivity index (χ4n) is 3.68. The molecule has 0 saturated carbocycles. The van der Waals surface area contributed by atoms with Crippen LogP contribution in [0.3, 0.4) is 0 Å². The van der Waals surface area contributed by atoms with E-state index in [-0.39, 0.29) is 28.5 Å². The molecule has 2 aromatic carbocycles. The highest BCUT2D eigenvalue weighted by Gasteiger charge is 2.23. The number of aromatic nitrogens is 3. The number of nitrogens with zero attached hydrogens (tertiary/aromatic N) is 4. The topological polar surface area (TPSA) is 80.7 Å². The minimum absolute atomic E-state index is 0.122. The number of benzene rings is 2. The maximum atomic E-state index is 13.9. The summed E-state index contributed by atoms with van der Waals surface area (Å²) in [6, 6.07) is 14.8. The van der Waals surface area contributed by atoms with Gasteiger partial charge in [0.05, 0.1) is 34.2 Å². The van der Waals surface area contributed by atoms with E-state index in [1.54, 1.807) is 31.3 Å². The average molecular weight is 461 g/mol. The lowest BCUT2D eigenvalue weighted by molar-refractivity contribution is 0.628. The first kappa shape index (κ1) is 22.2. The third kappa shape index (κ3) is 4.09. The van der Waals surface area contributed by atoms with Crippen LogP contribution >= 0.6 is 11.6 Å². The number of hydrogen-bond acceptors (Lipinski definition) is 4. The molecule has 8 heteroatoms. The van der Waals surface area contributed by atoms with E-state index < -0.39 is 17.1 Å². The van der Waals surface area contributed by atoms with E-state index >= 15 is 0 Å². The van der Waals surface area contributed by atoms with Crippen LogP contribution in [0.1, 0.15) is 11.1 Å². The van der Waals surface area contributed by atoms with Gasteiger partial charge < -0.3 is 0 Å². The van der Waals surface area contributed by atoms with E-state index in [9.17, 15) is 19.2 Å². The quantitative estimate of drug-likeness (QED) is 0.443. The van der Waals surface area contributed by atoms with E-state index in [1.165, 1.54) is 22.9 Å². The lowest BCUT2D eigenvalue weighted by Crippen LogP contribution is -2.40. The molecular weight excluding hydrogens is 443 g/mol. The van der Waals surface area contributed by atoms with Gasteiger partial charge in [0.25, 0.3) is 5.56 Å². The van der Waals surface area contributed by atoms with Gasteiger partial charge in [-0.25, -0.2) is 13.8 Å². The fraction of sp³-hybridized carbons (Fsp3) is 0.120. The lowest BCUT2D eigenvalue weighted by Gasteiger charge is -2.19. The van der Waals surface area contributed by atoms with E-state index in [4.69, 9.17) is 11.6 Å². The van der Waals surface area contributed by atoms with Crippen LogP contribution in [-0.4, -0.2) is 14.1 Å². The molecule has 33 heavy (non-hydrogen) atoms. The second-order valence-electron chi connectivity index (χ2n) is 7.61. The Morgan fingerprint density at radius 3 is 2.33 bits per heavy atom. The molecule has 0 saturated heterocycles. The van der Waals surface area contributed by atoms with Gasteiger partial charge in [0.1, 0.15) is 12.4 Å². The van der Waals surface area contributed by atoms with Gasteiger partial charge in [-0.15, -0.1) is 0 Å². The highest BCUT2D eigenvalue weighted by Crippen LogP contribution is 2.31. The molecule has 0 spiro atoms. The predicted octanol–water partition coefficient (Wildman–Crippen LogP) is 4.66. The summed E-state index contributed by atoms with van der Waals surface area (Å²) in [4.78, 5) is 31.4. The van der Waals surface area contributed by atoms with Crippen molar-refractivity contribution in [3.63, 3.8) is 0 Å². The van der Waals surface area contributed by atoms with Crippen LogP contribution in [0.4, 0.5) is 4.39 Å². The first-order chi connectivity index (χ1) is 15.8. The smallest absolute Gasteiger partial charge is 0.278 e. The molecule has 2 aromatic heterocycles. The Bertz CT molecular complexity index is 1530. The molecule has 2 heterocycles. The minimum atomic E-state index is -0.679. The molecule has 0 radical (unpaired) electrons. The molecule has 164 valence electrons. The molecular formula is C25H18ClFN4O2. The van der Waals surface area contributed by atoms with Crippen molar-refractivity contribution < 1.29 is 4.39 Å². The largest absolute Gasteiger partial charge is 0.337 e. The Kier molecular flexibility index (Phi) is 5.95. The number of nitriles is 1. The van der Waals surface area contributed by atoms with Gasteiger partial charge in [0, 0.05) is 6.20 Å². The van der Waals surface area contributed by atoms with Crippen molar-refractivity contribution >= 4 is 11.6 Å². The Balaban J connectivity index is 2.21.